The van der Waals surface area contributed by atoms with E-state index >= 15 is 0 Å². The molecule has 190 valence electrons. The van der Waals surface area contributed by atoms with E-state index in [9.17, 15) is 9.59 Å². The van der Waals surface area contributed by atoms with Crippen LogP contribution in [0.4, 0.5) is 0 Å². The third kappa shape index (κ3) is 4.77. The molecule has 0 atom stereocenters. The Kier molecular flexibility index (Phi) is 6.74. The smallest absolute Gasteiger partial charge is 0.287 e. The molecule has 0 saturated carbocycles. The lowest BCUT2D eigenvalue weighted by Crippen LogP contribution is -2.34. The molecule has 0 fully saturated rings. The second-order valence-corrected chi connectivity index (χ2v) is 10.8. The molecule has 1 N–H and O–H groups in total. The predicted octanol–water partition coefficient (Wildman–Crippen LogP) is 6.12. The Morgan fingerprint density at radius 1 is 0.861 bits per heavy atom. The molecule has 0 unspecified atom stereocenters. The van der Waals surface area contributed by atoms with Crippen molar-refractivity contribution < 1.29 is 23.5 Å². The molecule has 0 spiro atoms. The summed E-state index contributed by atoms with van der Waals surface area (Å²) in [6.45, 7) is 11.2. The fourth-order valence-electron chi connectivity index (χ4n) is 4.94. The van der Waals surface area contributed by atoms with Gasteiger partial charge in [0.2, 0.25) is 5.78 Å². The maximum Gasteiger partial charge on any atom is 0.287 e. The molecule has 6 nitrogen and oxygen atoms in total. The maximum absolute atomic E-state index is 13.4. The monoisotopic (exact) mass is 489 g/mol. The van der Waals surface area contributed by atoms with Crippen LogP contribution in [0.1, 0.15) is 89.5 Å². The molecule has 1 aliphatic carbocycles. The highest BCUT2D eigenvalue weighted by Gasteiger charge is 2.38. The SMILES string of the molecule is COc1ccc(CNC(=O)c2ccc(C(=O)c3cc4c(cc3C)C(C)(C)CCC4(C)C)o2)cc1OC. The van der Waals surface area contributed by atoms with E-state index in [4.69, 9.17) is 13.9 Å². The van der Waals surface area contributed by atoms with Crippen LogP contribution in [-0.2, 0) is 17.4 Å². The van der Waals surface area contributed by atoms with Crippen molar-refractivity contribution in [2.75, 3.05) is 14.2 Å². The number of furan rings is 1. The number of hydrogen-bond donors (Lipinski definition) is 1. The van der Waals surface area contributed by atoms with Gasteiger partial charge in [-0.3, -0.25) is 9.59 Å². The normalized spacial score (nSPS) is 15.6. The molecule has 0 bridgehead atoms. The summed E-state index contributed by atoms with van der Waals surface area (Å²) >= 11 is 0. The number of carbonyl (C=O) groups is 2. The van der Waals surface area contributed by atoms with Gasteiger partial charge in [-0.25, -0.2) is 0 Å². The number of benzene rings is 2. The number of methoxy groups -OCH3 is 2. The van der Waals surface area contributed by atoms with Gasteiger partial charge in [-0.15, -0.1) is 0 Å². The Balaban J connectivity index is 1.53. The van der Waals surface area contributed by atoms with Crippen molar-refractivity contribution in [2.45, 2.75) is 64.8 Å². The van der Waals surface area contributed by atoms with Crippen LogP contribution in [0.25, 0.3) is 0 Å². The quantitative estimate of drug-likeness (QED) is 0.405. The average molecular weight is 490 g/mol. The van der Waals surface area contributed by atoms with E-state index in [1.165, 1.54) is 17.2 Å². The standard InChI is InChI=1S/C30H35NO5/c1-18-14-21-22(30(4,5)13-12-29(21,2)3)16-20(18)27(32)24-10-11-25(36-24)28(33)31-17-19-8-9-23(34-6)26(15-19)35-7/h8-11,14-16H,12-13,17H2,1-7H3,(H,31,33). The number of aryl methyl sites for hydroxylation is 1. The fourth-order valence-corrected chi connectivity index (χ4v) is 4.94. The third-order valence-electron chi connectivity index (χ3n) is 7.40. The summed E-state index contributed by atoms with van der Waals surface area (Å²) in [4.78, 5) is 26.1. The van der Waals surface area contributed by atoms with Gasteiger partial charge in [0.15, 0.2) is 23.0 Å². The highest BCUT2D eigenvalue weighted by atomic mass is 16.5. The van der Waals surface area contributed by atoms with E-state index in [0.717, 1.165) is 24.0 Å². The minimum absolute atomic E-state index is 0.00800. The van der Waals surface area contributed by atoms with E-state index in [-0.39, 0.29) is 34.7 Å². The van der Waals surface area contributed by atoms with Crippen LogP contribution in [-0.4, -0.2) is 25.9 Å². The summed E-state index contributed by atoms with van der Waals surface area (Å²) in [5, 5.41) is 2.83. The van der Waals surface area contributed by atoms with Gasteiger partial charge in [-0.1, -0.05) is 39.8 Å². The summed E-state index contributed by atoms with van der Waals surface area (Å²) in [6.07, 6.45) is 2.18. The Bertz CT molecular complexity index is 1310. The number of nitrogens with one attached hydrogen (secondary N) is 1. The second kappa shape index (κ2) is 9.49. The zero-order chi connectivity index (χ0) is 26.3. The minimum atomic E-state index is -0.395. The number of hydrogen-bond acceptors (Lipinski definition) is 5. The van der Waals surface area contributed by atoms with Gasteiger partial charge >= 0.3 is 0 Å². The van der Waals surface area contributed by atoms with Crippen LogP contribution < -0.4 is 14.8 Å². The van der Waals surface area contributed by atoms with Crippen molar-refractivity contribution in [2.24, 2.45) is 0 Å². The number of rotatable bonds is 7. The summed E-state index contributed by atoms with van der Waals surface area (Å²) in [5.41, 5.74) is 4.97. The van der Waals surface area contributed by atoms with Crippen molar-refractivity contribution in [3.8, 4) is 11.5 Å². The molecule has 1 heterocycles. The third-order valence-corrected chi connectivity index (χ3v) is 7.40. The van der Waals surface area contributed by atoms with Gasteiger partial charge in [0, 0.05) is 12.1 Å². The Labute approximate surface area is 213 Å². The van der Waals surface area contributed by atoms with Gasteiger partial charge in [0.05, 0.1) is 14.2 Å². The highest BCUT2D eigenvalue weighted by Crippen LogP contribution is 2.46. The van der Waals surface area contributed by atoms with Crippen LogP contribution in [0.15, 0.2) is 46.9 Å². The largest absolute Gasteiger partial charge is 0.493 e. The molecule has 6 heteroatoms. The average Bonchev–Trinajstić information content (AvgIpc) is 3.35. The van der Waals surface area contributed by atoms with Crippen LogP contribution in [0.3, 0.4) is 0 Å². The van der Waals surface area contributed by atoms with Crippen LogP contribution in [0.5, 0.6) is 11.5 Å². The molecule has 3 aromatic rings. The van der Waals surface area contributed by atoms with E-state index in [0.29, 0.717) is 17.1 Å². The Hall–Kier alpha value is -3.54. The van der Waals surface area contributed by atoms with Crippen molar-refractivity contribution in [1.82, 2.24) is 5.32 Å². The summed E-state index contributed by atoms with van der Waals surface area (Å²) in [6, 6.07) is 12.7. The van der Waals surface area contributed by atoms with Crippen LogP contribution in [0, 0.1) is 6.92 Å². The number of ether oxygens (including phenoxy) is 2. The number of fused-ring (bicyclic) bond motifs is 1. The zero-order valence-electron chi connectivity index (χ0n) is 22.2. The maximum atomic E-state index is 13.4. The summed E-state index contributed by atoms with van der Waals surface area (Å²) < 4.78 is 16.3. The van der Waals surface area contributed by atoms with Gasteiger partial charge in [0.25, 0.3) is 5.91 Å². The highest BCUT2D eigenvalue weighted by molar-refractivity contribution is 6.09. The Morgan fingerprint density at radius 3 is 2.11 bits per heavy atom. The molecule has 1 aliphatic rings. The van der Waals surface area contributed by atoms with Gasteiger partial charge in [-0.2, -0.15) is 0 Å². The first kappa shape index (κ1) is 25.5. The van der Waals surface area contributed by atoms with Gasteiger partial charge < -0.3 is 19.2 Å². The molecule has 0 aliphatic heterocycles. The summed E-state index contributed by atoms with van der Waals surface area (Å²) in [7, 11) is 3.14. The molecular weight excluding hydrogens is 454 g/mol. The zero-order valence-corrected chi connectivity index (χ0v) is 22.2. The lowest BCUT2D eigenvalue weighted by atomic mass is 9.62. The fraction of sp³-hybridized carbons (Fsp3) is 0.400. The van der Waals surface area contributed by atoms with Gasteiger partial charge in [0.1, 0.15) is 0 Å². The second-order valence-electron chi connectivity index (χ2n) is 10.8. The van der Waals surface area contributed by atoms with Crippen molar-refractivity contribution >= 4 is 11.7 Å². The molecule has 1 amide bonds. The molecule has 1 aromatic heterocycles. The topological polar surface area (TPSA) is 77.8 Å². The Morgan fingerprint density at radius 2 is 1.47 bits per heavy atom. The van der Waals surface area contributed by atoms with E-state index in [2.05, 4.69) is 39.1 Å². The first-order valence-corrected chi connectivity index (χ1v) is 12.3. The molecule has 0 radical (unpaired) electrons. The lowest BCUT2D eigenvalue weighted by Gasteiger charge is -2.42. The summed E-state index contributed by atoms with van der Waals surface area (Å²) in [5.74, 6) is 0.841. The lowest BCUT2D eigenvalue weighted by molar-refractivity contribution is 0.0917. The van der Waals surface area contributed by atoms with Crippen LogP contribution in [0.2, 0.25) is 0 Å². The van der Waals surface area contributed by atoms with E-state index in [1.54, 1.807) is 32.4 Å². The molecule has 2 aromatic carbocycles. The van der Waals surface area contributed by atoms with Gasteiger partial charge in [-0.05, 0) is 83.2 Å². The number of ketones is 1. The van der Waals surface area contributed by atoms with Crippen molar-refractivity contribution in [3.05, 3.63) is 81.8 Å². The first-order chi connectivity index (χ1) is 17.0. The minimum Gasteiger partial charge on any atom is -0.493 e. The predicted molar refractivity (Wildman–Crippen MR) is 139 cm³/mol. The number of amides is 1. The first-order valence-electron chi connectivity index (χ1n) is 12.3. The molecule has 4 rings (SSSR count). The van der Waals surface area contributed by atoms with E-state index < -0.39 is 5.91 Å². The van der Waals surface area contributed by atoms with Crippen LogP contribution >= 0.6 is 0 Å². The van der Waals surface area contributed by atoms with Crippen molar-refractivity contribution in [3.63, 3.8) is 0 Å². The molecule has 36 heavy (non-hydrogen) atoms. The van der Waals surface area contributed by atoms with Crippen molar-refractivity contribution in [1.29, 1.82) is 0 Å². The molecular formula is C30H35NO5. The van der Waals surface area contributed by atoms with E-state index in [1.807, 2.05) is 19.1 Å². The molecule has 0 saturated heterocycles. The number of carbonyl (C=O) groups excluding carboxylic acids is 2.